The van der Waals surface area contributed by atoms with Gasteiger partial charge >= 0.3 is 0 Å². The third-order valence-electron chi connectivity index (χ3n) is 9.60. The second-order valence-electron chi connectivity index (χ2n) is 9.65. The zero-order chi connectivity index (χ0) is 13.8. The molecule has 1 saturated heterocycles. The lowest BCUT2D eigenvalue weighted by atomic mass is 9.48. The molecule has 0 aromatic carbocycles. The van der Waals surface area contributed by atoms with E-state index in [0.717, 1.165) is 47.0 Å². The molecule has 0 aromatic rings. The highest BCUT2D eigenvalue weighted by Crippen LogP contribution is 2.75. The summed E-state index contributed by atoms with van der Waals surface area (Å²) in [5.74, 6) is 7.95. The molecule has 0 unspecified atom stereocenters. The van der Waals surface area contributed by atoms with Crippen molar-refractivity contribution >= 4 is 0 Å². The topological polar surface area (TPSA) is 3.24 Å². The van der Waals surface area contributed by atoms with Gasteiger partial charge in [0.2, 0.25) is 0 Å². The predicted molar refractivity (Wildman–Crippen MR) is 84.8 cm³/mol. The van der Waals surface area contributed by atoms with Gasteiger partial charge in [-0.1, -0.05) is 19.8 Å². The van der Waals surface area contributed by atoms with Crippen LogP contribution in [0.5, 0.6) is 0 Å². The second-order valence-corrected chi connectivity index (χ2v) is 9.65. The number of hydrogen-bond acceptors (Lipinski definition) is 1. The van der Waals surface area contributed by atoms with E-state index in [1.54, 1.807) is 51.4 Å². The molecule has 0 radical (unpaired) electrons. The van der Waals surface area contributed by atoms with Crippen LogP contribution in [-0.4, -0.2) is 24.0 Å². The van der Waals surface area contributed by atoms with Crippen molar-refractivity contribution in [3.63, 3.8) is 0 Å². The molecule has 21 heavy (non-hydrogen) atoms. The van der Waals surface area contributed by atoms with Gasteiger partial charge in [0.15, 0.2) is 0 Å². The van der Waals surface area contributed by atoms with Gasteiger partial charge in [-0.2, -0.15) is 0 Å². The summed E-state index contributed by atoms with van der Waals surface area (Å²) in [5, 5.41) is 0. The van der Waals surface area contributed by atoms with E-state index in [0.29, 0.717) is 0 Å². The van der Waals surface area contributed by atoms with Crippen molar-refractivity contribution in [2.45, 2.75) is 64.3 Å². The first-order valence-electron chi connectivity index (χ1n) is 10.1. The van der Waals surface area contributed by atoms with Crippen molar-refractivity contribution in [2.75, 3.05) is 13.1 Å². The SMILES string of the molecule is CCN1C[C@@H]2CCC[C@]34[C@@H]2C[C@H]([C@@H]2CC[C@@H]5C[C@H]2[C@H]3C5)[C@@H]14. The molecule has 116 valence electrons. The fourth-order valence-electron chi connectivity index (χ4n) is 9.43. The third-order valence-corrected chi connectivity index (χ3v) is 9.60. The van der Waals surface area contributed by atoms with Crippen molar-refractivity contribution in [2.24, 2.45) is 46.8 Å². The van der Waals surface area contributed by atoms with Crippen LogP contribution in [0.1, 0.15) is 58.3 Å². The monoisotopic (exact) mass is 285 g/mol. The smallest absolute Gasteiger partial charge is 0.0188 e. The quantitative estimate of drug-likeness (QED) is 0.698. The Morgan fingerprint density at radius 2 is 1.90 bits per heavy atom. The van der Waals surface area contributed by atoms with Crippen LogP contribution in [0.2, 0.25) is 0 Å². The van der Waals surface area contributed by atoms with Gasteiger partial charge in [0, 0.05) is 12.6 Å². The summed E-state index contributed by atoms with van der Waals surface area (Å²) < 4.78 is 0. The molecule has 1 spiro atoms. The normalized spacial score (nSPS) is 63.9. The Morgan fingerprint density at radius 1 is 0.952 bits per heavy atom. The fraction of sp³-hybridized carbons (Fsp3) is 1.00. The Balaban J connectivity index is 1.55. The highest BCUT2D eigenvalue weighted by molar-refractivity contribution is 5.23. The molecular formula is C20H31N. The fourth-order valence-corrected chi connectivity index (χ4v) is 9.43. The first kappa shape index (κ1) is 12.4. The average molecular weight is 285 g/mol. The molecule has 1 heteroatoms. The van der Waals surface area contributed by atoms with Crippen LogP contribution in [0.25, 0.3) is 0 Å². The van der Waals surface area contributed by atoms with Crippen LogP contribution >= 0.6 is 0 Å². The Bertz CT molecular complexity index is 472. The minimum atomic E-state index is 0.808. The van der Waals surface area contributed by atoms with Crippen molar-refractivity contribution in [1.82, 2.24) is 4.90 Å². The standard InChI is InChI=1S/C20H31N/c1-2-21-11-13-4-3-7-20-17(13)10-16(19(20)21)14-6-5-12-8-15(14)18(20)9-12/h12-19H,2-11H2,1H3/t12-,13+,14-,15-,16-,17-,18-,19-,20+/m1/s1. The molecule has 7 bridgehead atoms. The van der Waals surface area contributed by atoms with Gasteiger partial charge in [-0.3, -0.25) is 4.90 Å². The van der Waals surface area contributed by atoms with Gasteiger partial charge in [0.05, 0.1) is 0 Å². The molecule has 1 aliphatic heterocycles. The van der Waals surface area contributed by atoms with Crippen molar-refractivity contribution < 1.29 is 0 Å². The maximum absolute atomic E-state index is 3.00. The first-order valence-corrected chi connectivity index (χ1v) is 10.1. The molecule has 5 saturated carbocycles. The molecule has 5 aliphatic carbocycles. The summed E-state index contributed by atoms with van der Waals surface area (Å²) in [6.45, 7) is 5.25. The Hall–Kier alpha value is -0.0400. The zero-order valence-electron chi connectivity index (χ0n) is 13.6. The number of piperidine rings is 1. The minimum Gasteiger partial charge on any atom is -0.300 e. The van der Waals surface area contributed by atoms with E-state index in [4.69, 9.17) is 0 Å². The molecule has 9 atom stereocenters. The lowest BCUT2D eigenvalue weighted by Crippen LogP contribution is -2.65. The number of nitrogens with zero attached hydrogens (tertiary/aromatic N) is 1. The number of hydrogen-bond donors (Lipinski definition) is 0. The van der Waals surface area contributed by atoms with Crippen LogP contribution in [0.15, 0.2) is 0 Å². The molecule has 1 nitrogen and oxygen atoms in total. The summed E-state index contributed by atoms with van der Waals surface area (Å²) in [4.78, 5) is 3.00. The third kappa shape index (κ3) is 1.24. The second kappa shape index (κ2) is 3.89. The van der Waals surface area contributed by atoms with Gasteiger partial charge < -0.3 is 0 Å². The molecule has 6 fully saturated rings. The Kier molecular flexibility index (Phi) is 2.29. The van der Waals surface area contributed by atoms with E-state index in [9.17, 15) is 0 Å². The van der Waals surface area contributed by atoms with E-state index in [-0.39, 0.29) is 0 Å². The molecule has 0 amide bonds. The van der Waals surface area contributed by atoms with Gasteiger partial charge in [-0.25, -0.2) is 0 Å². The van der Waals surface area contributed by atoms with E-state index in [1.165, 1.54) is 19.0 Å². The van der Waals surface area contributed by atoms with Gasteiger partial charge in [-0.05, 0) is 91.9 Å². The van der Waals surface area contributed by atoms with Crippen molar-refractivity contribution in [1.29, 1.82) is 0 Å². The van der Waals surface area contributed by atoms with Gasteiger partial charge in [0.25, 0.3) is 0 Å². The summed E-state index contributed by atoms with van der Waals surface area (Å²) in [6, 6.07) is 1.02. The Morgan fingerprint density at radius 3 is 2.81 bits per heavy atom. The maximum atomic E-state index is 3.00. The molecule has 6 rings (SSSR count). The molecule has 0 aromatic heterocycles. The lowest BCUT2D eigenvalue weighted by Gasteiger charge is -2.63. The van der Waals surface area contributed by atoms with E-state index in [1.807, 2.05) is 0 Å². The van der Waals surface area contributed by atoms with Gasteiger partial charge in [0.1, 0.15) is 0 Å². The maximum Gasteiger partial charge on any atom is 0.0188 e. The lowest BCUT2D eigenvalue weighted by molar-refractivity contribution is -0.144. The van der Waals surface area contributed by atoms with E-state index in [2.05, 4.69) is 11.8 Å². The summed E-state index contributed by atoms with van der Waals surface area (Å²) >= 11 is 0. The number of rotatable bonds is 1. The van der Waals surface area contributed by atoms with Crippen LogP contribution in [0.4, 0.5) is 0 Å². The van der Waals surface area contributed by atoms with Crippen molar-refractivity contribution in [3.8, 4) is 0 Å². The highest BCUT2D eigenvalue weighted by atomic mass is 15.2. The number of fused-ring (bicyclic) bond motifs is 2. The molecule has 6 aliphatic rings. The summed E-state index contributed by atoms with van der Waals surface area (Å²) in [5.41, 5.74) is 0.808. The zero-order valence-corrected chi connectivity index (χ0v) is 13.6. The van der Waals surface area contributed by atoms with Crippen LogP contribution in [-0.2, 0) is 0 Å². The van der Waals surface area contributed by atoms with E-state index >= 15 is 0 Å². The largest absolute Gasteiger partial charge is 0.300 e. The highest BCUT2D eigenvalue weighted by Gasteiger charge is 2.72. The Labute approximate surface area is 129 Å². The average Bonchev–Trinajstić information content (AvgIpc) is 2.93. The molecular weight excluding hydrogens is 254 g/mol. The van der Waals surface area contributed by atoms with E-state index < -0.39 is 0 Å². The minimum absolute atomic E-state index is 0.808. The molecule has 1 heterocycles. The first-order chi connectivity index (χ1) is 10.3. The van der Waals surface area contributed by atoms with Crippen LogP contribution in [0, 0.1) is 46.8 Å². The predicted octanol–water partition coefficient (Wildman–Crippen LogP) is 4.18. The summed E-state index contributed by atoms with van der Waals surface area (Å²) in [6.07, 6.45) is 12.9. The van der Waals surface area contributed by atoms with Gasteiger partial charge in [-0.15, -0.1) is 0 Å². The summed E-state index contributed by atoms with van der Waals surface area (Å²) in [7, 11) is 0. The van der Waals surface area contributed by atoms with Crippen LogP contribution in [0.3, 0.4) is 0 Å². The number of likely N-dealkylation sites (tertiary alicyclic amines) is 1. The molecule has 0 N–H and O–H groups in total. The van der Waals surface area contributed by atoms with Crippen LogP contribution < -0.4 is 0 Å². The van der Waals surface area contributed by atoms with Crippen molar-refractivity contribution in [3.05, 3.63) is 0 Å².